The van der Waals surface area contributed by atoms with E-state index >= 15 is 0 Å². The SMILES string of the molecule is Cc1csc(C(N)CC2CC3CCC2C3)c1Cl. The Bertz CT molecular complexity index is 414. The van der Waals surface area contributed by atoms with Gasteiger partial charge in [0, 0.05) is 10.9 Å². The van der Waals surface area contributed by atoms with Crippen molar-refractivity contribution in [2.75, 3.05) is 0 Å². The lowest BCUT2D eigenvalue weighted by Crippen LogP contribution is -2.19. The fraction of sp³-hybridized carbons (Fsp3) is 0.714. The second kappa shape index (κ2) is 4.56. The third-order valence-corrected chi connectivity index (χ3v) is 6.55. The molecule has 0 aliphatic heterocycles. The predicted octanol–water partition coefficient (Wildman–Crippen LogP) is 4.54. The summed E-state index contributed by atoms with van der Waals surface area (Å²) < 4.78 is 0. The van der Waals surface area contributed by atoms with Crippen LogP contribution in [0.15, 0.2) is 5.38 Å². The molecule has 17 heavy (non-hydrogen) atoms. The molecule has 1 nitrogen and oxygen atoms in total. The summed E-state index contributed by atoms with van der Waals surface area (Å²) in [6.07, 6.45) is 6.93. The van der Waals surface area contributed by atoms with Gasteiger partial charge in [0.05, 0.1) is 5.02 Å². The second-order valence-corrected chi connectivity index (χ2v) is 7.16. The number of halogens is 1. The summed E-state index contributed by atoms with van der Waals surface area (Å²) in [6, 6.07) is 0.158. The van der Waals surface area contributed by atoms with E-state index in [1.54, 1.807) is 11.3 Å². The Labute approximate surface area is 112 Å². The van der Waals surface area contributed by atoms with Crippen molar-refractivity contribution < 1.29 is 0 Å². The van der Waals surface area contributed by atoms with Crippen LogP contribution in [-0.4, -0.2) is 0 Å². The van der Waals surface area contributed by atoms with E-state index in [9.17, 15) is 0 Å². The van der Waals surface area contributed by atoms with Gasteiger partial charge in [-0.1, -0.05) is 18.0 Å². The fourth-order valence-electron chi connectivity index (χ4n) is 3.80. The fourth-order valence-corrected chi connectivity index (χ4v) is 5.15. The summed E-state index contributed by atoms with van der Waals surface area (Å²) in [5.74, 6) is 2.84. The maximum absolute atomic E-state index is 6.35. The average molecular weight is 270 g/mol. The quantitative estimate of drug-likeness (QED) is 0.857. The Hall–Kier alpha value is -0.0500. The van der Waals surface area contributed by atoms with Crippen molar-refractivity contribution >= 4 is 22.9 Å². The van der Waals surface area contributed by atoms with Crippen LogP contribution < -0.4 is 5.73 Å². The van der Waals surface area contributed by atoms with Crippen LogP contribution >= 0.6 is 22.9 Å². The minimum Gasteiger partial charge on any atom is -0.323 e. The molecule has 1 aromatic rings. The minimum atomic E-state index is 0.158. The van der Waals surface area contributed by atoms with E-state index in [2.05, 4.69) is 12.3 Å². The van der Waals surface area contributed by atoms with Crippen molar-refractivity contribution in [2.24, 2.45) is 23.5 Å². The molecule has 94 valence electrons. The molecule has 0 saturated heterocycles. The lowest BCUT2D eigenvalue weighted by molar-refractivity contribution is 0.297. The molecule has 2 N–H and O–H groups in total. The van der Waals surface area contributed by atoms with Gasteiger partial charge in [0.1, 0.15) is 0 Å². The van der Waals surface area contributed by atoms with Gasteiger partial charge < -0.3 is 5.73 Å². The molecule has 1 heterocycles. The number of hydrogen-bond donors (Lipinski definition) is 1. The molecule has 0 aromatic carbocycles. The van der Waals surface area contributed by atoms with Crippen molar-refractivity contribution in [3.63, 3.8) is 0 Å². The van der Waals surface area contributed by atoms with Gasteiger partial charge in [0.15, 0.2) is 0 Å². The zero-order valence-electron chi connectivity index (χ0n) is 10.3. The Morgan fingerprint density at radius 3 is 2.82 bits per heavy atom. The third kappa shape index (κ3) is 2.16. The second-order valence-electron chi connectivity index (χ2n) is 5.87. The molecule has 2 bridgehead atoms. The molecule has 0 spiro atoms. The van der Waals surface area contributed by atoms with Gasteiger partial charge in [0.2, 0.25) is 0 Å². The summed E-state index contributed by atoms with van der Waals surface area (Å²) in [6.45, 7) is 2.06. The molecule has 3 rings (SSSR count). The van der Waals surface area contributed by atoms with Gasteiger partial charge in [-0.3, -0.25) is 0 Å². The Kier molecular flexibility index (Phi) is 3.22. The van der Waals surface area contributed by atoms with E-state index in [1.807, 2.05) is 0 Å². The van der Waals surface area contributed by atoms with Crippen molar-refractivity contribution in [3.8, 4) is 0 Å². The van der Waals surface area contributed by atoms with Crippen LogP contribution in [-0.2, 0) is 0 Å². The highest BCUT2D eigenvalue weighted by Gasteiger charge is 2.40. The van der Waals surface area contributed by atoms with Gasteiger partial charge in [-0.2, -0.15) is 0 Å². The molecule has 0 radical (unpaired) electrons. The van der Waals surface area contributed by atoms with E-state index in [-0.39, 0.29) is 6.04 Å². The highest BCUT2D eigenvalue weighted by Crippen LogP contribution is 2.51. The molecule has 2 aliphatic rings. The zero-order chi connectivity index (χ0) is 12.0. The highest BCUT2D eigenvalue weighted by molar-refractivity contribution is 7.10. The van der Waals surface area contributed by atoms with Crippen molar-refractivity contribution in [3.05, 3.63) is 20.8 Å². The van der Waals surface area contributed by atoms with Crippen molar-refractivity contribution in [1.82, 2.24) is 0 Å². The average Bonchev–Trinajstić information content (AvgIpc) is 2.96. The Balaban J connectivity index is 1.67. The molecule has 1 aromatic heterocycles. The van der Waals surface area contributed by atoms with E-state index in [0.717, 1.165) is 29.2 Å². The Morgan fingerprint density at radius 2 is 2.29 bits per heavy atom. The third-order valence-electron chi connectivity index (χ3n) is 4.70. The summed E-state index contributed by atoms with van der Waals surface area (Å²) in [4.78, 5) is 1.20. The first-order valence-corrected chi connectivity index (χ1v) is 7.90. The summed E-state index contributed by atoms with van der Waals surface area (Å²) in [5.41, 5.74) is 7.52. The summed E-state index contributed by atoms with van der Waals surface area (Å²) >= 11 is 8.03. The maximum atomic E-state index is 6.35. The van der Waals surface area contributed by atoms with Crippen molar-refractivity contribution in [1.29, 1.82) is 0 Å². The van der Waals surface area contributed by atoms with Crippen LogP contribution in [0.5, 0.6) is 0 Å². The van der Waals surface area contributed by atoms with Gasteiger partial charge in [-0.15, -0.1) is 11.3 Å². The van der Waals surface area contributed by atoms with Crippen LogP contribution in [0, 0.1) is 24.7 Å². The first kappa shape index (κ1) is 12.0. The zero-order valence-corrected chi connectivity index (χ0v) is 11.9. The predicted molar refractivity (Wildman–Crippen MR) is 74.5 cm³/mol. The van der Waals surface area contributed by atoms with Gasteiger partial charge in [-0.25, -0.2) is 0 Å². The highest BCUT2D eigenvalue weighted by atomic mass is 35.5. The maximum Gasteiger partial charge on any atom is 0.0590 e. The number of hydrogen-bond acceptors (Lipinski definition) is 2. The van der Waals surface area contributed by atoms with Gasteiger partial charge in [-0.05, 0) is 61.3 Å². The molecule has 4 unspecified atom stereocenters. The number of thiophene rings is 1. The molecule has 3 heteroatoms. The van der Waals surface area contributed by atoms with E-state index in [1.165, 1.54) is 36.1 Å². The monoisotopic (exact) mass is 269 g/mol. The first-order chi connectivity index (χ1) is 8.15. The van der Waals surface area contributed by atoms with Crippen LogP contribution in [0.1, 0.15) is 48.6 Å². The molecule has 2 saturated carbocycles. The van der Waals surface area contributed by atoms with E-state index in [4.69, 9.17) is 17.3 Å². The summed E-state index contributed by atoms with van der Waals surface area (Å²) in [5, 5.41) is 3.03. The van der Waals surface area contributed by atoms with Gasteiger partial charge >= 0.3 is 0 Å². The molecular weight excluding hydrogens is 250 g/mol. The van der Waals surface area contributed by atoms with E-state index < -0.39 is 0 Å². The van der Waals surface area contributed by atoms with Crippen LogP contribution in [0.3, 0.4) is 0 Å². The molecule has 4 atom stereocenters. The molecule has 2 aliphatic carbocycles. The van der Waals surface area contributed by atoms with Crippen molar-refractivity contribution in [2.45, 2.75) is 45.1 Å². The number of rotatable bonds is 3. The Morgan fingerprint density at radius 1 is 1.47 bits per heavy atom. The number of aryl methyl sites for hydroxylation is 1. The largest absolute Gasteiger partial charge is 0.323 e. The first-order valence-electron chi connectivity index (χ1n) is 6.64. The lowest BCUT2D eigenvalue weighted by Gasteiger charge is -2.24. The standard InChI is InChI=1S/C14H20ClNS/c1-8-7-17-14(13(8)15)12(16)6-11-5-9-2-3-10(11)4-9/h7,9-12H,2-6,16H2,1H3. The van der Waals surface area contributed by atoms with Crippen LogP contribution in [0.25, 0.3) is 0 Å². The molecular formula is C14H20ClNS. The van der Waals surface area contributed by atoms with Gasteiger partial charge in [0.25, 0.3) is 0 Å². The minimum absolute atomic E-state index is 0.158. The van der Waals surface area contributed by atoms with Crippen LogP contribution in [0.2, 0.25) is 5.02 Å². The number of nitrogens with two attached hydrogens (primary N) is 1. The normalized spacial score (nSPS) is 33.2. The topological polar surface area (TPSA) is 26.0 Å². The lowest BCUT2D eigenvalue weighted by atomic mass is 9.84. The molecule has 2 fully saturated rings. The molecule has 0 amide bonds. The number of fused-ring (bicyclic) bond motifs is 2. The summed E-state index contributed by atoms with van der Waals surface area (Å²) in [7, 11) is 0. The van der Waals surface area contributed by atoms with E-state index in [0.29, 0.717) is 0 Å². The van der Waals surface area contributed by atoms with Crippen LogP contribution in [0.4, 0.5) is 0 Å². The smallest absolute Gasteiger partial charge is 0.0590 e.